The molecule has 0 aromatic carbocycles. The largest absolute Gasteiger partial charge is 2.00 e. The van der Waals surface area contributed by atoms with E-state index in [2.05, 4.69) is 8.62 Å². The molecule has 0 amide bonds. The fourth-order valence-corrected chi connectivity index (χ4v) is 2.20. The molecule has 0 rings (SSSR count). The third kappa shape index (κ3) is 49.7. The first-order valence-electron chi connectivity index (χ1n) is 2.92. The van der Waals surface area contributed by atoms with E-state index in [0.717, 1.165) is 0 Å². The maximum Gasteiger partial charge on any atom is 2.00 e. The minimum absolute atomic E-state index is 0. The van der Waals surface area contributed by atoms with Crippen LogP contribution < -0.4 is 39.1 Å². The predicted octanol–water partition coefficient (Wildman–Crippen LogP) is -8.20. The standard InChI is InChI=1S/2Ca.2Mg.2H4O7P2/c;;;;2*1-8(2,3)7-9(4,5)6/h;;;;2*(H2,1,2,3)(H2,4,5,6)/q4*+2;;/p-8. The summed E-state index contributed by atoms with van der Waals surface area (Å²) in [5, 5.41) is 0. The molecule has 0 spiro atoms. The Kier molecular flexibility index (Phi) is 30.8. The normalized spacial score (nSPS) is 11.3. The van der Waals surface area contributed by atoms with Crippen LogP contribution in [0.1, 0.15) is 0 Å². The van der Waals surface area contributed by atoms with Crippen molar-refractivity contribution < 1.29 is 66.0 Å². The minimum atomic E-state index is -5.68. The van der Waals surface area contributed by atoms with E-state index in [1.165, 1.54) is 0 Å². The number of hydrogen-bond acceptors (Lipinski definition) is 14. The van der Waals surface area contributed by atoms with Crippen LogP contribution in [-0.2, 0) is 26.9 Å². The Labute approximate surface area is 215 Å². The van der Waals surface area contributed by atoms with E-state index >= 15 is 0 Å². The summed E-state index contributed by atoms with van der Waals surface area (Å²) >= 11 is 0. The van der Waals surface area contributed by atoms with Gasteiger partial charge in [-0.1, -0.05) is 0 Å². The van der Waals surface area contributed by atoms with E-state index in [1.807, 2.05) is 0 Å². The summed E-state index contributed by atoms with van der Waals surface area (Å²) < 4.78 is 42.3. The molecular formula is Ca2Mg2O14P4. The maximum absolute atomic E-state index is 9.32. The van der Waals surface area contributed by atoms with Crippen molar-refractivity contribution >= 4 is 153 Å². The van der Waals surface area contributed by atoms with Crippen LogP contribution in [-0.4, -0.2) is 122 Å². The van der Waals surface area contributed by atoms with E-state index in [1.54, 1.807) is 0 Å². The van der Waals surface area contributed by atoms with Crippen molar-refractivity contribution in [3.63, 3.8) is 0 Å². The van der Waals surface area contributed by atoms with Crippen LogP contribution in [0.2, 0.25) is 0 Å². The summed E-state index contributed by atoms with van der Waals surface area (Å²) in [6.07, 6.45) is 0. The molecule has 14 nitrogen and oxygen atoms in total. The van der Waals surface area contributed by atoms with Crippen LogP contribution in [0.4, 0.5) is 0 Å². The van der Waals surface area contributed by atoms with Gasteiger partial charge in [0.25, 0.3) is 0 Å². The van der Waals surface area contributed by atoms with Crippen LogP contribution in [0.15, 0.2) is 0 Å². The van der Waals surface area contributed by atoms with Crippen LogP contribution in [0.25, 0.3) is 0 Å². The first-order valence-corrected chi connectivity index (χ1v) is 8.76. The molecule has 0 unspecified atom stereocenters. The number of hydrogen-bond donors (Lipinski definition) is 0. The Hall–Kier alpha value is 4.57. The second-order valence-electron chi connectivity index (χ2n) is 1.95. The molecule has 0 fully saturated rings. The van der Waals surface area contributed by atoms with E-state index in [4.69, 9.17) is 0 Å². The average molecular weight is 477 g/mol. The van der Waals surface area contributed by atoms with E-state index in [9.17, 15) is 57.4 Å². The summed E-state index contributed by atoms with van der Waals surface area (Å²) in [6.45, 7) is 0. The maximum atomic E-state index is 9.32. The number of rotatable bonds is 4. The van der Waals surface area contributed by atoms with Gasteiger partial charge in [-0.05, 0) is 0 Å². The summed E-state index contributed by atoms with van der Waals surface area (Å²) in [5.74, 6) is 0. The van der Waals surface area contributed by atoms with Gasteiger partial charge < -0.3 is 66.0 Å². The molecule has 22 heteroatoms. The van der Waals surface area contributed by atoms with Gasteiger partial charge in [0.05, 0.1) is 31.3 Å². The van der Waals surface area contributed by atoms with Crippen LogP contribution >= 0.6 is 31.3 Å². The van der Waals surface area contributed by atoms with Crippen molar-refractivity contribution in [3.05, 3.63) is 0 Å². The molecule has 0 saturated carbocycles. The molecular weight excluding hydrogens is 477 g/mol. The zero-order valence-corrected chi connectivity index (χ0v) is 21.2. The Bertz CT molecular complexity index is 356. The van der Waals surface area contributed by atoms with Gasteiger partial charge in [0.1, 0.15) is 0 Å². The van der Waals surface area contributed by atoms with Gasteiger partial charge in [-0.2, -0.15) is 0 Å². The van der Waals surface area contributed by atoms with Crippen LogP contribution in [0.3, 0.4) is 0 Å². The second-order valence-corrected chi connectivity index (χ2v) is 6.84. The van der Waals surface area contributed by atoms with Crippen molar-refractivity contribution in [2.24, 2.45) is 0 Å². The fourth-order valence-electron chi connectivity index (χ4n) is 0.245. The number of phosphoric acid groups is 4. The van der Waals surface area contributed by atoms with Gasteiger partial charge in [-0.3, -0.25) is 0 Å². The van der Waals surface area contributed by atoms with Gasteiger partial charge in [0.15, 0.2) is 0 Å². The van der Waals surface area contributed by atoms with E-state index in [0.29, 0.717) is 0 Å². The summed E-state index contributed by atoms with van der Waals surface area (Å²) in [7, 11) is -22.7. The third-order valence-corrected chi connectivity index (χ3v) is 3.60. The van der Waals surface area contributed by atoms with E-state index < -0.39 is 31.3 Å². The third-order valence-electron chi connectivity index (χ3n) is 0.400. The SMILES string of the molecule is O=P([O-])([O-])OP(=O)([O-])[O-].O=P([O-])([O-])OP(=O)([O-])[O-].[Ca+2].[Ca+2].[Mg+2].[Mg+2]. The molecule has 0 atom stereocenters. The average Bonchev–Trinajstić information content (AvgIpc) is 1.64. The molecule has 0 N–H and O–H groups in total. The molecule has 112 valence electrons. The summed E-state index contributed by atoms with van der Waals surface area (Å²) in [5.41, 5.74) is 0. The van der Waals surface area contributed by atoms with Crippen molar-refractivity contribution in [3.8, 4) is 0 Å². The molecule has 0 aliphatic carbocycles. The van der Waals surface area contributed by atoms with Crippen LogP contribution in [0.5, 0.6) is 0 Å². The molecule has 0 saturated heterocycles. The predicted molar refractivity (Wildman–Crippen MR) is 55.6 cm³/mol. The monoisotopic (exact) mass is 476 g/mol. The van der Waals surface area contributed by atoms with Crippen LogP contribution in [0, 0.1) is 0 Å². The van der Waals surface area contributed by atoms with Gasteiger partial charge in [0.2, 0.25) is 0 Å². The van der Waals surface area contributed by atoms with Gasteiger partial charge in [-0.25, -0.2) is 0 Å². The molecule has 0 aromatic heterocycles. The van der Waals surface area contributed by atoms with Crippen molar-refractivity contribution in [1.82, 2.24) is 0 Å². The summed E-state index contributed by atoms with van der Waals surface area (Å²) in [4.78, 5) is 74.6. The Morgan fingerprint density at radius 2 is 0.545 bits per heavy atom. The Morgan fingerprint density at radius 3 is 0.545 bits per heavy atom. The Morgan fingerprint density at radius 1 is 0.455 bits per heavy atom. The molecule has 0 radical (unpaired) electrons. The van der Waals surface area contributed by atoms with Gasteiger partial charge >= 0.3 is 122 Å². The molecule has 22 heavy (non-hydrogen) atoms. The second kappa shape index (κ2) is 16.5. The van der Waals surface area contributed by atoms with Crippen molar-refractivity contribution in [2.75, 3.05) is 0 Å². The molecule has 0 aliphatic heterocycles. The zero-order valence-electron chi connectivity index (χ0n) is 10.3. The first kappa shape index (κ1) is 41.1. The molecule has 0 bridgehead atoms. The van der Waals surface area contributed by atoms with Gasteiger partial charge in [0, 0.05) is 0 Å². The molecule has 0 heterocycles. The van der Waals surface area contributed by atoms with Gasteiger partial charge in [-0.15, -0.1) is 0 Å². The minimum Gasteiger partial charge on any atom is -0.790 e. The molecule has 0 aromatic rings. The quantitative estimate of drug-likeness (QED) is 0.269. The summed E-state index contributed by atoms with van der Waals surface area (Å²) in [6, 6.07) is 0. The van der Waals surface area contributed by atoms with Crippen molar-refractivity contribution in [1.29, 1.82) is 0 Å². The Balaban J connectivity index is -0.0000000492. The zero-order chi connectivity index (χ0) is 15.4. The fraction of sp³-hybridized carbons (Fsp3) is 0. The molecule has 0 aliphatic rings. The smallest absolute Gasteiger partial charge is 0.790 e. The van der Waals surface area contributed by atoms with Crippen molar-refractivity contribution in [2.45, 2.75) is 0 Å². The topological polar surface area (TPSA) is 271 Å². The van der Waals surface area contributed by atoms with E-state index in [-0.39, 0.29) is 122 Å². The first-order chi connectivity index (χ1) is 7.41.